The Morgan fingerprint density at radius 1 is 0.773 bits per heavy atom. The summed E-state index contributed by atoms with van der Waals surface area (Å²) in [7, 11) is -5.15. The summed E-state index contributed by atoms with van der Waals surface area (Å²) in [6.45, 7) is 7.06. The Hall–Kier alpha value is -1.03. The second-order valence-corrected chi connectivity index (χ2v) is 19.0. The third-order valence-corrected chi connectivity index (χ3v) is 13.0. The van der Waals surface area contributed by atoms with Gasteiger partial charge in [0.25, 0.3) is 0 Å². The van der Waals surface area contributed by atoms with Crippen molar-refractivity contribution in [2.75, 3.05) is 0 Å². The molecule has 0 bridgehead atoms. The minimum atomic E-state index is -3.18. The molecule has 0 aliphatic heterocycles. The average Bonchev–Trinajstić information content (AvgIpc) is 2.52. The van der Waals surface area contributed by atoms with Crippen molar-refractivity contribution in [1.29, 1.82) is 0 Å². The van der Waals surface area contributed by atoms with E-state index in [2.05, 4.69) is 19.6 Å². The van der Waals surface area contributed by atoms with Crippen molar-refractivity contribution in [3.8, 4) is 0 Å². The first-order chi connectivity index (χ1) is 10.4. The van der Waals surface area contributed by atoms with Gasteiger partial charge in [0, 0.05) is 0 Å². The van der Waals surface area contributed by atoms with Crippen molar-refractivity contribution in [3.63, 3.8) is 0 Å². The molecule has 0 saturated heterocycles. The normalized spacial score (nSPS) is 13.1. The third-order valence-electron chi connectivity index (χ3n) is 3.50. The SMILES string of the molecule is C[Si](C)(C)[PH](O)(OCc1ccccc1)OCc1ccccc1. The van der Waals surface area contributed by atoms with E-state index < -0.39 is 15.2 Å². The maximum atomic E-state index is 11.0. The van der Waals surface area contributed by atoms with E-state index in [1.165, 1.54) is 0 Å². The van der Waals surface area contributed by atoms with Crippen molar-refractivity contribution in [3.05, 3.63) is 71.8 Å². The summed E-state index contributed by atoms with van der Waals surface area (Å²) in [6.07, 6.45) is 0. The Labute approximate surface area is 134 Å². The first-order valence-corrected chi connectivity index (χ1v) is 13.8. The van der Waals surface area contributed by atoms with E-state index in [0.717, 1.165) is 11.1 Å². The first-order valence-electron chi connectivity index (χ1n) is 7.49. The van der Waals surface area contributed by atoms with Gasteiger partial charge in [-0.15, -0.1) is 0 Å². The fourth-order valence-corrected chi connectivity index (χ4v) is 6.69. The van der Waals surface area contributed by atoms with Crippen molar-refractivity contribution < 1.29 is 13.9 Å². The van der Waals surface area contributed by atoms with Crippen LogP contribution in [0.5, 0.6) is 0 Å². The van der Waals surface area contributed by atoms with Gasteiger partial charge >= 0.3 is 134 Å². The van der Waals surface area contributed by atoms with Crippen molar-refractivity contribution in [2.45, 2.75) is 32.9 Å². The zero-order valence-corrected chi connectivity index (χ0v) is 15.5. The summed E-state index contributed by atoms with van der Waals surface area (Å²) < 4.78 is 11.9. The first kappa shape index (κ1) is 17.3. The van der Waals surface area contributed by atoms with Crippen molar-refractivity contribution >= 4 is 15.2 Å². The second-order valence-electron chi connectivity index (χ2n) is 6.38. The van der Waals surface area contributed by atoms with Crippen molar-refractivity contribution in [2.24, 2.45) is 0 Å². The van der Waals surface area contributed by atoms with E-state index in [4.69, 9.17) is 9.05 Å². The average molecular weight is 336 g/mol. The van der Waals surface area contributed by atoms with Gasteiger partial charge in [-0.25, -0.2) is 0 Å². The fraction of sp³-hybridized carbons (Fsp3) is 0.294. The van der Waals surface area contributed by atoms with Crippen LogP contribution in [0.1, 0.15) is 11.1 Å². The molecular weight excluding hydrogens is 311 g/mol. The molecule has 0 fully saturated rings. The van der Waals surface area contributed by atoms with E-state index in [9.17, 15) is 4.89 Å². The quantitative estimate of drug-likeness (QED) is 0.586. The Morgan fingerprint density at radius 2 is 1.14 bits per heavy atom. The van der Waals surface area contributed by atoms with Gasteiger partial charge in [0.2, 0.25) is 0 Å². The molecule has 120 valence electrons. The number of hydrogen-bond donors (Lipinski definition) is 1. The molecule has 0 aromatic heterocycles. The molecule has 0 saturated carbocycles. The van der Waals surface area contributed by atoms with Crippen LogP contribution in [0.4, 0.5) is 0 Å². The van der Waals surface area contributed by atoms with Crippen LogP contribution >= 0.6 is 7.49 Å². The van der Waals surface area contributed by atoms with Crippen LogP contribution in [0.25, 0.3) is 0 Å². The van der Waals surface area contributed by atoms with Crippen LogP contribution in [0.2, 0.25) is 19.6 Å². The number of rotatable bonds is 7. The predicted octanol–water partition coefficient (Wildman–Crippen LogP) is 4.74. The standard InChI is InChI=1S/C17H25O3PSi/c1-22(2,3)21(18,19-14-16-10-6-4-7-11-16)20-15-17-12-8-5-9-13-17/h4-13,18,21H,14-15H2,1-3H3. The molecule has 0 aliphatic rings. The monoisotopic (exact) mass is 336 g/mol. The molecular formula is C17H25O3PSi. The minimum absolute atomic E-state index is 0.391. The summed E-state index contributed by atoms with van der Waals surface area (Å²) in [4.78, 5) is 11.0. The zero-order chi connectivity index (χ0) is 16.1. The van der Waals surface area contributed by atoms with Crippen LogP contribution in [-0.4, -0.2) is 12.6 Å². The van der Waals surface area contributed by atoms with E-state index >= 15 is 0 Å². The van der Waals surface area contributed by atoms with Crippen LogP contribution < -0.4 is 0 Å². The van der Waals surface area contributed by atoms with Gasteiger partial charge in [-0.3, -0.25) is 0 Å². The van der Waals surface area contributed by atoms with Crippen molar-refractivity contribution in [1.82, 2.24) is 0 Å². The van der Waals surface area contributed by atoms with E-state index in [-0.39, 0.29) is 0 Å². The van der Waals surface area contributed by atoms with E-state index in [1.807, 2.05) is 60.7 Å². The van der Waals surface area contributed by atoms with Gasteiger partial charge in [-0.1, -0.05) is 0 Å². The Balaban J connectivity index is 2.04. The number of hydrogen-bond acceptors (Lipinski definition) is 3. The molecule has 0 unspecified atom stereocenters. The molecule has 2 aromatic carbocycles. The predicted molar refractivity (Wildman–Crippen MR) is 96.3 cm³/mol. The molecule has 0 spiro atoms. The van der Waals surface area contributed by atoms with Crippen LogP contribution in [0.3, 0.4) is 0 Å². The molecule has 22 heavy (non-hydrogen) atoms. The second kappa shape index (κ2) is 7.49. The van der Waals surface area contributed by atoms with Gasteiger partial charge in [0.15, 0.2) is 0 Å². The summed E-state index contributed by atoms with van der Waals surface area (Å²) >= 11 is 0. The van der Waals surface area contributed by atoms with Gasteiger partial charge in [0.1, 0.15) is 0 Å². The summed E-state index contributed by atoms with van der Waals surface area (Å²) in [5, 5.41) is 0. The van der Waals surface area contributed by atoms with E-state index in [0.29, 0.717) is 13.2 Å². The molecule has 5 heteroatoms. The molecule has 0 aliphatic carbocycles. The molecule has 0 atom stereocenters. The summed E-state index contributed by atoms with van der Waals surface area (Å²) in [6, 6.07) is 19.8. The van der Waals surface area contributed by atoms with Crippen LogP contribution in [0.15, 0.2) is 60.7 Å². The molecule has 0 heterocycles. The van der Waals surface area contributed by atoms with Crippen LogP contribution in [0, 0.1) is 0 Å². The Kier molecular flexibility index (Phi) is 5.90. The van der Waals surface area contributed by atoms with E-state index in [1.54, 1.807) is 0 Å². The Morgan fingerprint density at radius 3 is 1.45 bits per heavy atom. The van der Waals surface area contributed by atoms with Gasteiger partial charge in [-0.05, 0) is 0 Å². The number of benzene rings is 2. The molecule has 3 nitrogen and oxygen atoms in total. The molecule has 1 N–H and O–H groups in total. The molecule has 0 amide bonds. The third kappa shape index (κ3) is 4.73. The van der Waals surface area contributed by atoms with Gasteiger partial charge in [-0.2, -0.15) is 0 Å². The molecule has 2 rings (SSSR count). The summed E-state index contributed by atoms with van der Waals surface area (Å²) in [5.74, 6) is 0. The maximum absolute atomic E-state index is 11.0. The molecule has 0 radical (unpaired) electrons. The topological polar surface area (TPSA) is 38.7 Å². The summed E-state index contributed by atoms with van der Waals surface area (Å²) in [5.41, 5.74) is 2.10. The van der Waals surface area contributed by atoms with Crippen LogP contribution in [-0.2, 0) is 22.3 Å². The Bertz CT molecular complexity index is 526. The fourth-order valence-electron chi connectivity index (χ4n) is 1.99. The zero-order valence-electron chi connectivity index (χ0n) is 13.5. The van der Waals surface area contributed by atoms with Gasteiger partial charge < -0.3 is 0 Å². The van der Waals surface area contributed by atoms with Gasteiger partial charge in [0.05, 0.1) is 0 Å². The molecule has 2 aromatic rings.